The third kappa shape index (κ3) is 2.69. The van der Waals surface area contributed by atoms with Gasteiger partial charge in [0, 0.05) is 35.2 Å². The average molecular weight is 292 g/mol. The summed E-state index contributed by atoms with van der Waals surface area (Å²) < 4.78 is 0. The van der Waals surface area contributed by atoms with Crippen LogP contribution in [0.2, 0.25) is 5.15 Å². The molecule has 20 heavy (non-hydrogen) atoms. The summed E-state index contributed by atoms with van der Waals surface area (Å²) in [5.74, 6) is 0.775. The first-order valence-electron chi connectivity index (χ1n) is 6.87. The minimum absolute atomic E-state index is 0.397. The number of hydrogen-bond donors (Lipinski definition) is 1. The molecule has 2 aromatic rings. The number of likely N-dealkylation sites (tertiary alicyclic amines) is 1. The summed E-state index contributed by atoms with van der Waals surface area (Å²) in [5.41, 5.74) is 0.927. The summed E-state index contributed by atoms with van der Waals surface area (Å²) in [4.78, 5) is 6.67. The van der Waals surface area contributed by atoms with Crippen LogP contribution in [0.15, 0.2) is 12.3 Å². The summed E-state index contributed by atoms with van der Waals surface area (Å²) in [5, 5.41) is 14.0. The molecule has 3 heterocycles. The fourth-order valence-corrected chi connectivity index (χ4v) is 2.90. The predicted octanol–water partition coefficient (Wildman–Crippen LogP) is 2.49. The standard InChI is InChI=1S/C14H18ClN5/c1-9-6-11-12(7-16-9)14(19-18-13(11)15)17-10-4-3-5-20(2)8-10/h6-7,10H,3-5,8H2,1-2H3,(H,17,19). The van der Waals surface area contributed by atoms with Crippen LogP contribution in [0.5, 0.6) is 0 Å². The van der Waals surface area contributed by atoms with Gasteiger partial charge < -0.3 is 10.2 Å². The van der Waals surface area contributed by atoms with Crippen molar-refractivity contribution in [2.45, 2.75) is 25.8 Å². The number of pyridine rings is 1. The lowest BCUT2D eigenvalue weighted by Crippen LogP contribution is -2.40. The Morgan fingerprint density at radius 2 is 2.20 bits per heavy atom. The highest BCUT2D eigenvalue weighted by atomic mass is 35.5. The van der Waals surface area contributed by atoms with Crippen molar-refractivity contribution in [1.82, 2.24) is 20.1 Å². The number of anilines is 1. The number of nitrogens with zero attached hydrogens (tertiary/aromatic N) is 4. The van der Waals surface area contributed by atoms with Gasteiger partial charge >= 0.3 is 0 Å². The third-order valence-corrected chi connectivity index (χ3v) is 4.00. The molecular formula is C14H18ClN5. The molecule has 1 aliphatic rings. The molecule has 5 nitrogen and oxygen atoms in total. The number of rotatable bonds is 2. The smallest absolute Gasteiger partial charge is 0.159 e. The summed E-state index contributed by atoms with van der Waals surface area (Å²) in [6.07, 6.45) is 4.17. The van der Waals surface area contributed by atoms with E-state index in [1.165, 1.54) is 6.42 Å². The van der Waals surface area contributed by atoms with Crippen LogP contribution >= 0.6 is 11.6 Å². The first-order chi connectivity index (χ1) is 9.63. The molecule has 2 aromatic heterocycles. The van der Waals surface area contributed by atoms with Gasteiger partial charge in [0.25, 0.3) is 0 Å². The SMILES string of the molecule is Cc1cc2c(Cl)nnc(NC3CCCN(C)C3)c2cn1. The van der Waals surface area contributed by atoms with Gasteiger partial charge in [-0.05, 0) is 39.4 Å². The molecule has 6 heteroatoms. The van der Waals surface area contributed by atoms with Gasteiger partial charge in [0.1, 0.15) is 0 Å². The van der Waals surface area contributed by atoms with Gasteiger partial charge in [-0.3, -0.25) is 4.98 Å². The van der Waals surface area contributed by atoms with E-state index in [1.54, 1.807) is 0 Å². The van der Waals surface area contributed by atoms with Gasteiger partial charge in [-0.15, -0.1) is 10.2 Å². The summed E-state index contributed by atoms with van der Waals surface area (Å²) in [6.45, 7) is 4.12. The van der Waals surface area contributed by atoms with E-state index in [1.807, 2.05) is 19.2 Å². The summed E-state index contributed by atoms with van der Waals surface area (Å²) in [6, 6.07) is 2.35. The number of piperidine rings is 1. The lowest BCUT2D eigenvalue weighted by Gasteiger charge is -2.30. The number of aryl methyl sites for hydroxylation is 1. The van der Waals surface area contributed by atoms with Gasteiger partial charge in [-0.25, -0.2) is 0 Å². The zero-order valence-electron chi connectivity index (χ0n) is 11.7. The second-order valence-corrected chi connectivity index (χ2v) is 5.81. The molecule has 0 saturated carbocycles. The Balaban J connectivity index is 1.93. The number of aromatic nitrogens is 3. The lowest BCUT2D eigenvalue weighted by atomic mass is 10.1. The first-order valence-corrected chi connectivity index (χ1v) is 7.25. The van der Waals surface area contributed by atoms with Crippen LogP contribution in [0.4, 0.5) is 5.82 Å². The molecule has 0 aliphatic carbocycles. The number of fused-ring (bicyclic) bond motifs is 1. The second-order valence-electron chi connectivity index (χ2n) is 5.46. The Bertz CT molecular complexity index is 630. The predicted molar refractivity (Wildman–Crippen MR) is 81.2 cm³/mol. The minimum Gasteiger partial charge on any atom is -0.364 e. The van der Waals surface area contributed by atoms with Gasteiger partial charge in [0.2, 0.25) is 0 Å². The van der Waals surface area contributed by atoms with Crippen molar-refractivity contribution in [2.75, 3.05) is 25.5 Å². The fourth-order valence-electron chi connectivity index (χ4n) is 2.71. The van der Waals surface area contributed by atoms with Crippen LogP contribution in [0.3, 0.4) is 0 Å². The molecule has 106 valence electrons. The highest BCUT2D eigenvalue weighted by Crippen LogP contribution is 2.27. The number of likely N-dealkylation sites (N-methyl/N-ethyl adjacent to an activating group) is 1. The Morgan fingerprint density at radius 3 is 3.00 bits per heavy atom. The van der Waals surface area contributed by atoms with Crippen LogP contribution in [0, 0.1) is 6.92 Å². The van der Waals surface area contributed by atoms with E-state index >= 15 is 0 Å². The van der Waals surface area contributed by atoms with Crippen molar-refractivity contribution in [3.8, 4) is 0 Å². The monoisotopic (exact) mass is 291 g/mol. The molecule has 0 spiro atoms. The van der Waals surface area contributed by atoms with Crippen molar-refractivity contribution >= 4 is 28.2 Å². The van der Waals surface area contributed by atoms with E-state index in [2.05, 4.69) is 32.4 Å². The lowest BCUT2D eigenvalue weighted by molar-refractivity contribution is 0.261. The third-order valence-electron chi connectivity index (χ3n) is 3.72. The molecular weight excluding hydrogens is 274 g/mol. The Kier molecular flexibility index (Phi) is 3.72. The van der Waals surface area contributed by atoms with Gasteiger partial charge in [0.05, 0.1) is 0 Å². The minimum atomic E-state index is 0.397. The van der Waals surface area contributed by atoms with Gasteiger partial charge in [0.15, 0.2) is 11.0 Å². The maximum atomic E-state index is 6.13. The topological polar surface area (TPSA) is 53.9 Å². The Hall–Kier alpha value is -1.46. The molecule has 0 radical (unpaired) electrons. The molecule has 1 unspecified atom stereocenters. The zero-order valence-corrected chi connectivity index (χ0v) is 12.5. The van der Waals surface area contributed by atoms with E-state index in [0.29, 0.717) is 11.2 Å². The average Bonchev–Trinajstić information content (AvgIpc) is 2.42. The Morgan fingerprint density at radius 1 is 1.35 bits per heavy atom. The molecule has 0 amide bonds. The number of halogens is 1. The quantitative estimate of drug-likeness (QED) is 0.921. The van der Waals surface area contributed by atoms with Crippen LogP contribution in [0.1, 0.15) is 18.5 Å². The van der Waals surface area contributed by atoms with E-state index in [0.717, 1.165) is 41.8 Å². The van der Waals surface area contributed by atoms with Crippen LogP contribution < -0.4 is 5.32 Å². The molecule has 1 aliphatic heterocycles. The van der Waals surface area contributed by atoms with E-state index in [-0.39, 0.29) is 0 Å². The number of nitrogens with one attached hydrogen (secondary N) is 1. The maximum absolute atomic E-state index is 6.13. The molecule has 0 bridgehead atoms. The van der Waals surface area contributed by atoms with E-state index < -0.39 is 0 Å². The van der Waals surface area contributed by atoms with Crippen molar-refractivity contribution in [1.29, 1.82) is 0 Å². The fraction of sp³-hybridized carbons (Fsp3) is 0.500. The molecule has 1 saturated heterocycles. The van der Waals surface area contributed by atoms with Crippen LogP contribution in [0.25, 0.3) is 10.8 Å². The van der Waals surface area contributed by atoms with Gasteiger partial charge in [-0.1, -0.05) is 11.6 Å². The second kappa shape index (κ2) is 5.50. The summed E-state index contributed by atoms with van der Waals surface area (Å²) in [7, 11) is 2.14. The van der Waals surface area contributed by atoms with Crippen molar-refractivity contribution < 1.29 is 0 Å². The molecule has 1 atom stereocenters. The van der Waals surface area contributed by atoms with E-state index in [9.17, 15) is 0 Å². The molecule has 1 N–H and O–H groups in total. The summed E-state index contributed by atoms with van der Waals surface area (Å²) >= 11 is 6.13. The first kappa shape index (κ1) is 13.5. The molecule has 1 fully saturated rings. The highest BCUT2D eigenvalue weighted by Gasteiger charge is 2.19. The van der Waals surface area contributed by atoms with E-state index in [4.69, 9.17) is 11.6 Å². The Labute approximate surface area is 123 Å². The highest BCUT2D eigenvalue weighted by molar-refractivity contribution is 6.34. The largest absolute Gasteiger partial charge is 0.364 e. The van der Waals surface area contributed by atoms with Crippen LogP contribution in [-0.4, -0.2) is 46.3 Å². The van der Waals surface area contributed by atoms with Gasteiger partial charge in [-0.2, -0.15) is 0 Å². The van der Waals surface area contributed by atoms with Crippen molar-refractivity contribution in [3.05, 3.63) is 23.1 Å². The maximum Gasteiger partial charge on any atom is 0.159 e. The molecule has 0 aromatic carbocycles. The normalized spacial score (nSPS) is 20.2. The molecule has 3 rings (SSSR count). The zero-order chi connectivity index (χ0) is 14.1. The number of hydrogen-bond acceptors (Lipinski definition) is 5. The van der Waals surface area contributed by atoms with Crippen molar-refractivity contribution in [2.24, 2.45) is 0 Å². The van der Waals surface area contributed by atoms with Crippen LogP contribution in [-0.2, 0) is 0 Å². The van der Waals surface area contributed by atoms with Crippen molar-refractivity contribution in [3.63, 3.8) is 0 Å².